The van der Waals surface area contributed by atoms with Crippen LogP contribution in [0, 0.1) is 6.92 Å². The largest absolute Gasteiger partial charge is 0.361 e. The number of halogens is 1. The molecule has 0 fully saturated rings. The average Bonchev–Trinajstić information content (AvgIpc) is 2.77. The van der Waals surface area contributed by atoms with E-state index in [1.54, 1.807) is 0 Å². The molecule has 0 saturated carbocycles. The van der Waals surface area contributed by atoms with Crippen molar-refractivity contribution in [2.24, 2.45) is 0 Å². The number of aromatic amines is 1. The lowest BCUT2D eigenvalue weighted by Crippen LogP contribution is -1.91. The molecule has 0 radical (unpaired) electrons. The van der Waals surface area contributed by atoms with Gasteiger partial charge in [0.2, 0.25) is 0 Å². The molecule has 90 valence electrons. The summed E-state index contributed by atoms with van der Waals surface area (Å²) in [5, 5.41) is 4.65. The number of aromatic nitrogens is 1. The van der Waals surface area contributed by atoms with Crippen molar-refractivity contribution in [3.63, 3.8) is 0 Å². The van der Waals surface area contributed by atoms with Crippen LogP contribution in [0.2, 0.25) is 0 Å². The molecule has 0 aliphatic rings. The lowest BCUT2D eigenvalue weighted by atomic mass is 10.1. The van der Waals surface area contributed by atoms with Gasteiger partial charge in [0, 0.05) is 32.9 Å². The zero-order valence-electron chi connectivity index (χ0n) is 10.00. The van der Waals surface area contributed by atoms with Crippen LogP contribution >= 0.6 is 15.9 Å². The molecule has 1 aromatic heterocycles. The van der Waals surface area contributed by atoms with Crippen LogP contribution in [0.25, 0.3) is 10.9 Å². The minimum absolute atomic E-state index is 1.08. The molecule has 3 heteroatoms. The summed E-state index contributed by atoms with van der Waals surface area (Å²) in [6, 6.07) is 14.6. The number of fused-ring (bicyclic) bond motifs is 1. The van der Waals surface area contributed by atoms with E-state index in [1.165, 1.54) is 16.5 Å². The fraction of sp³-hybridized carbons (Fsp3) is 0.0667. The third-order valence-electron chi connectivity index (χ3n) is 2.97. The first-order valence-electron chi connectivity index (χ1n) is 5.83. The Morgan fingerprint density at radius 1 is 1.06 bits per heavy atom. The van der Waals surface area contributed by atoms with Gasteiger partial charge < -0.3 is 10.3 Å². The Bertz CT molecular complexity index is 701. The van der Waals surface area contributed by atoms with Crippen LogP contribution in [0.1, 0.15) is 5.56 Å². The van der Waals surface area contributed by atoms with Crippen molar-refractivity contribution in [3.8, 4) is 0 Å². The van der Waals surface area contributed by atoms with Crippen molar-refractivity contribution in [1.82, 2.24) is 4.98 Å². The normalized spacial score (nSPS) is 10.8. The second-order valence-electron chi connectivity index (χ2n) is 4.37. The summed E-state index contributed by atoms with van der Waals surface area (Å²) < 4.78 is 1.08. The molecule has 0 saturated heterocycles. The van der Waals surface area contributed by atoms with Crippen molar-refractivity contribution < 1.29 is 0 Å². The lowest BCUT2D eigenvalue weighted by molar-refractivity contribution is 1.41. The Morgan fingerprint density at radius 2 is 1.94 bits per heavy atom. The minimum Gasteiger partial charge on any atom is -0.361 e. The van der Waals surface area contributed by atoms with Gasteiger partial charge in [-0.3, -0.25) is 0 Å². The second kappa shape index (κ2) is 4.50. The van der Waals surface area contributed by atoms with E-state index in [0.29, 0.717) is 0 Å². The standard InChI is InChI=1S/C15H13BrN2/c1-10-7-14(8-11-5-6-17-15(10)11)18-13-4-2-3-12(16)9-13/h2-9,17-18H,1H3. The topological polar surface area (TPSA) is 27.8 Å². The Labute approximate surface area is 114 Å². The van der Waals surface area contributed by atoms with Gasteiger partial charge in [0.05, 0.1) is 0 Å². The Hall–Kier alpha value is -1.74. The van der Waals surface area contributed by atoms with Crippen molar-refractivity contribution in [3.05, 3.63) is 58.7 Å². The maximum absolute atomic E-state index is 3.48. The molecular formula is C15H13BrN2. The van der Waals surface area contributed by atoms with Crippen molar-refractivity contribution in [1.29, 1.82) is 0 Å². The highest BCUT2D eigenvalue weighted by molar-refractivity contribution is 9.10. The Morgan fingerprint density at radius 3 is 2.78 bits per heavy atom. The summed E-state index contributed by atoms with van der Waals surface area (Å²) in [7, 11) is 0. The van der Waals surface area contributed by atoms with Crippen molar-refractivity contribution in [2.75, 3.05) is 5.32 Å². The molecule has 0 atom stereocenters. The monoisotopic (exact) mass is 300 g/mol. The molecule has 1 heterocycles. The van der Waals surface area contributed by atoms with Gasteiger partial charge in [0.15, 0.2) is 0 Å². The van der Waals surface area contributed by atoms with Crippen LogP contribution in [0.4, 0.5) is 11.4 Å². The van der Waals surface area contributed by atoms with Crippen molar-refractivity contribution >= 4 is 38.2 Å². The van der Waals surface area contributed by atoms with Crippen molar-refractivity contribution in [2.45, 2.75) is 6.92 Å². The summed E-state index contributed by atoms with van der Waals surface area (Å²) in [4.78, 5) is 3.25. The van der Waals surface area contributed by atoms with Gasteiger partial charge in [-0.2, -0.15) is 0 Å². The van der Waals surface area contributed by atoms with E-state index >= 15 is 0 Å². The van der Waals surface area contributed by atoms with E-state index in [2.05, 4.69) is 63.5 Å². The molecule has 0 bridgehead atoms. The van der Waals surface area contributed by atoms with Gasteiger partial charge in [-0.1, -0.05) is 22.0 Å². The van der Waals surface area contributed by atoms with Crippen LogP contribution in [-0.4, -0.2) is 4.98 Å². The zero-order chi connectivity index (χ0) is 12.5. The third kappa shape index (κ3) is 2.14. The van der Waals surface area contributed by atoms with Gasteiger partial charge in [-0.15, -0.1) is 0 Å². The number of nitrogens with one attached hydrogen (secondary N) is 2. The molecule has 0 unspecified atom stereocenters. The van der Waals surface area contributed by atoms with Gasteiger partial charge in [-0.05, 0) is 48.9 Å². The van der Waals surface area contributed by atoms with E-state index in [-0.39, 0.29) is 0 Å². The molecule has 0 aliphatic heterocycles. The first-order valence-corrected chi connectivity index (χ1v) is 6.62. The number of aryl methyl sites for hydroxylation is 1. The lowest BCUT2D eigenvalue weighted by Gasteiger charge is -2.08. The van der Waals surface area contributed by atoms with Crippen LogP contribution in [0.15, 0.2) is 53.1 Å². The number of hydrogen-bond acceptors (Lipinski definition) is 1. The highest BCUT2D eigenvalue weighted by atomic mass is 79.9. The molecule has 2 nitrogen and oxygen atoms in total. The molecule has 0 amide bonds. The van der Waals surface area contributed by atoms with Crippen LogP contribution in [0.3, 0.4) is 0 Å². The van der Waals surface area contributed by atoms with Gasteiger partial charge in [0.1, 0.15) is 0 Å². The number of hydrogen-bond donors (Lipinski definition) is 2. The molecular weight excluding hydrogens is 288 g/mol. The minimum atomic E-state index is 1.08. The molecule has 0 aliphatic carbocycles. The number of H-pyrrole nitrogens is 1. The third-order valence-corrected chi connectivity index (χ3v) is 3.46. The summed E-state index contributed by atoms with van der Waals surface area (Å²) in [5.41, 5.74) is 4.64. The highest BCUT2D eigenvalue weighted by Crippen LogP contribution is 2.26. The van der Waals surface area contributed by atoms with Crippen LogP contribution < -0.4 is 5.32 Å². The Kier molecular flexibility index (Phi) is 2.84. The fourth-order valence-electron chi connectivity index (χ4n) is 2.16. The smallest absolute Gasteiger partial charge is 0.0485 e. The summed E-state index contributed by atoms with van der Waals surface area (Å²) in [6.07, 6.45) is 1.97. The SMILES string of the molecule is Cc1cc(Nc2cccc(Br)c2)cc2cc[nH]c12. The van der Waals surface area contributed by atoms with E-state index in [9.17, 15) is 0 Å². The summed E-state index contributed by atoms with van der Waals surface area (Å²) in [5.74, 6) is 0. The number of benzene rings is 2. The second-order valence-corrected chi connectivity index (χ2v) is 5.29. The van der Waals surface area contributed by atoms with E-state index in [1.807, 2.05) is 18.3 Å². The predicted octanol–water partition coefficient (Wildman–Crippen LogP) is 4.98. The quantitative estimate of drug-likeness (QED) is 0.686. The summed E-state index contributed by atoms with van der Waals surface area (Å²) in [6.45, 7) is 2.12. The molecule has 3 aromatic rings. The summed E-state index contributed by atoms with van der Waals surface area (Å²) >= 11 is 3.48. The van der Waals surface area contributed by atoms with E-state index in [4.69, 9.17) is 0 Å². The molecule has 18 heavy (non-hydrogen) atoms. The highest BCUT2D eigenvalue weighted by Gasteiger charge is 2.02. The first kappa shape index (κ1) is 11.4. The average molecular weight is 301 g/mol. The number of anilines is 2. The maximum Gasteiger partial charge on any atom is 0.0485 e. The molecule has 2 aromatic carbocycles. The first-order chi connectivity index (χ1) is 8.72. The molecule has 3 rings (SSSR count). The van der Waals surface area contributed by atoms with Crippen LogP contribution in [-0.2, 0) is 0 Å². The van der Waals surface area contributed by atoms with Gasteiger partial charge in [-0.25, -0.2) is 0 Å². The predicted molar refractivity (Wildman–Crippen MR) is 80.5 cm³/mol. The van der Waals surface area contributed by atoms with E-state index in [0.717, 1.165) is 15.8 Å². The zero-order valence-corrected chi connectivity index (χ0v) is 11.6. The van der Waals surface area contributed by atoms with Crippen LogP contribution in [0.5, 0.6) is 0 Å². The Balaban J connectivity index is 1.99. The molecule has 2 N–H and O–H groups in total. The maximum atomic E-state index is 3.48. The fourth-order valence-corrected chi connectivity index (χ4v) is 2.56. The number of rotatable bonds is 2. The van der Waals surface area contributed by atoms with E-state index < -0.39 is 0 Å². The molecule has 0 spiro atoms. The van der Waals surface area contributed by atoms with Gasteiger partial charge in [0.25, 0.3) is 0 Å². The van der Waals surface area contributed by atoms with Gasteiger partial charge >= 0.3 is 0 Å².